The van der Waals surface area contributed by atoms with Crippen LogP contribution in [0.15, 0.2) is 59.8 Å². The highest BCUT2D eigenvalue weighted by molar-refractivity contribution is 7.90. The van der Waals surface area contributed by atoms with Gasteiger partial charge in [-0.15, -0.1) is 0 Å². The molecule has 6 N–H and O–H groups in total. The molecule has 20 heteroatoms. The molecule has 4 aliphatic rings. The Morgan fingerprint density at radius 2 is 1.54 bits per heavy atom. The normalized spacial score (nSPS) is 16.6. The van der Waals surface area contributed by atoms with Crippen molar-refractivity contribution in [2.75, 3.05) is 56.8 Å². The number of rotatable bonds is 20. The van der Waals surface area contributed by atoms with Crippen molar-refractivity contribution in [3.8, 4) is 0 Å². The van der Waals surface area contributed by atoms with E-state index in [-0.39, 0.29) is 68.6 Å². The number of hydrogen-bond donors (Lipinski definition) is 5. The molecule has 8 rings (SSSR count). The van der Waals surface area contributed by atoms with Crippen LogP contribution >= 0.6 is 0 Å². The SMILES string of the molecule is NC(=O)c1ccc(Cn2ccc(S(=O)(=O)NC(=O)Nc3c4c(cc5c3CCC5)CCC4)n2)cc1CCOCCOCCOCCNc1cccc2c1C(=O)N(C1CCC(=O)NC1=O)C2=O. The number of carbonyl (C=O) groups is 6. The minimum Gasteiger partial charge on any atom is -0.382 e. The Hall–Kier alpha value is -6.48. The molecule has 1 atom stereocenters. The number of nitrogens with two attached hydrogens (primary N) is 1. The maximum atomic E-state index is 13.3. The van der Waals surface area contributed by atoms with Gasteiger partial charge in [-0.05, 0) is 109 Å². The van der Waals surface area contributed by atoms with E-state index in [1.807, 2.05) is 0 Å². The molecule has 4 aromatic rings. The van der Waals surface area contributed by atoms with Crippen LogP contribution in [0.4, 0.5) is 16.2 Å². The Morgan fingerprint density at radius 3 is 2.25 bits per heavy atom. The molecule has 0 spiro atoms. The number of sulfonamides is 1. The quantitative estimate of drug-likeness (QED) is 0.0632. The summed E-state index contributed by atoms with van der Waals surface area (Å²) < 4.78 is 47.0. The second-order valence-electron chi connectivity index (χ2n) is 16.2. The van der Waals surface area contributed by atoms with Gasteiger partial charge in [0, 0.05) is 36.1 Å². The Labute approximate surface area is 374 Å². The number of urea groups is 1. The van der Waals surface area contributed by atoms with Gasteiger partial charge >= 0.3 is 6.03 Å². The first kappa shape index (κ1) is 45.1. The lowest BCUT2D eigenvalue weighted by Gasteiger charge is -2.27. The number of aromatic nitrogens is 2. The predicted octanol–water partition coefficient (Wildman–Crippen LogP) is 2.62. The van der Waals surface area contributed by atoms with E-state index >= 15 is 0 Å². The molecule has 0 saturated carbocycles. The summed E-state index contributed by atoms with van der Waals surface area (Å²) in [4.78, 5) is 76.5. The third-order valence-corrected chi connectivity index (χ3v) is 13.1. The highest BCUT2D eigenvalue weighted by Crippen LogP contribution is 2.39. The van der Waals surface area contributed by atoms with Crippen molar-refractivity contribution >= 4 is 57.0 Å². The third kappa shape index (κ3) is 10.1. The zero-order chi connectivity index (χ0) is 45.7. The monoisotopic (exact) mass is 910 g/mol. The van der Waals surface area contributed by atoms with Crippen molar-refractivity contribution < 1.29 is 51.4 Å². The molecule has 1 saturated heterocycles. The summed E-state index contributed by atoms with van der Waals surface area (Å²) in [6.45, 7) is 2.21. The molecule has 0 radical (unpaired) electrons. The van der Waals surface area contributed by atoms with Crippen LogP contribution in [0.2, 0.25) is 0 Å². The van der Waals surface area contributed by atoms with E-state index in [1.165, 1.54) is 34.1 Å². The number of ether oxygens (including phenoxy) is 3. The first-order chi connectivity index (χ1) is 31.4. The molecule has 2 aliphatic carbocycles. The van der Waals surface area contributed by atoms with Gasteiger partial charge in [-0.25, -0.2) is 9.52 Å². The summed E-state index contributed by atoms with van der Waals surface area (Å²) >= 11 is 0. The summed E-state index contributed by atoms with van der Waals surface area (Å²) in [6, 6.07) is 11.6. The Bertz CT molecular complexity index is 2630. The molecular weight excluding hydrogens is 861 g/mol. The van der Waals surface area contributed by atoms with Gasteiger partial charge in [0.15, 0.2) is 5.03 Å². The first-order valence-corrected chi connectivity index (χ1v) is 23.1. The van der Waals surface area contributed by atoms with Gasteiger partial charge in [0.2, 0.25) is 17.7 Å². The maximum absolute atomic E-state index is 13.3. The summed E-state index contributed by atoms with van der Waals surface area (Å²) in [7, 11) is -4.28. The van der Waals surface area contributed by atoms with Crippen molar-refractivity contribution in [1.82, 2.24) is 24.7 Å². The third-order valence-electron chi connectivity index (χ3n) is 11.9. The summed E-state index contributed by atoms with van der Waals surface area (Å²) in [5, 5.41) is 12.1. The summed E-state index contributed by atoms with van der Waals surface area (Å²) in [5.41, 5.74) is 13.5. The van der Waals surface area contributed by atoms with E-state index in [9.17, 15) is 37.2 Å². The molecule has 2 aliphatic heterocycles. The average molecular weight is 911 g/mol. The largest absolute Gasteiger partial charge is 0.382 e. The molecule has 1 unspecified atom stereocenters. The second kappa shape index (κ2) is 19.7. The number of carbonyl (C=O) groups excluding carboxylic acids is 6. The van der Waals surface area contributed by atoms with E-state index in [0.717, 1.165) is 65.8 Å². The first-order valence-electron chi connectivity index (χ1n) is 21.6. The van der Waals surface area contributed by atoms with E-state index in [4.69, 9.17) is 19.9 Å². The summed E-state index contributed by atoms with van der Waals surface area (Å²) in [6.07, 6.45) is 7.56. The maximum Gasteiger partial charge on any atom is 0.333 e. The molecule has 342 valence electrons. The van der Waals surface area contributed by atoms with Crippen LogP contribution in [-0.4, -0.2) is 111 Å². The second-order valence-corrected chi connectivity index (χ2v) is 17.8. The van der Waals surface area contributed by atoms with Gasteiger partial charge in [0.25, 0.3) is 21.8 Å². The fourth-order valence-corrected chi connectivity index (χ4v) is 9.73. The standard InChI is InChI=1S/C45H50N8O11S/c46-41(55)33-11-10-27(26-52-17-14-38(50-52)65(60,61)51-45(59)49-40-31-6-1-4-28(31)25-29-5-2-7-32(29)40)24-30(33)15-18-62-20-22-64-23-21-63-19-16-47-35-9-3-8-34-39(35)44(58)53(43(34)57)36-12-13-37(54)48-42(36)56/h3,8-11,14,17,24-25,36,47H,1-2,4-7,12-13,15-16,18-23,26H2,(H2,46,55)(H,48,54,56)(H2,49,51,59). The van der Waals surface area contributed by atoms with Gasteiger partial charge in [-0.3, -0.25) is 38.9 Å². The van der Waals surface area contributed by atoms with Crippen LogP contribution in [0.3, 0.4) is 0 Å². The van der Waals surface area contributed by atoms with Gasteiger partial charge < -0.3 is 30.6 Å². The number of amides is 7. The van der Waals surface area contributed by atoms with Crippen LogP contribution in [-0.2, 0) is 72.5 Å². The van der Waals surface area contributed by atoms with Crippen molar-refractivity contribution in [1.29, 1.82) is 0 Å². The van der Waals surface area contributed by atoms with Crippen LogP contribution in [0, 0.1) is 0 Å². The number of piperidine rings is 1. The van der Waals surface area contributed by atoms with Gasteiger partial charge in [-0.2, -0.15) is 13.5 Å². The number of aryl methyl sites for hydroxylation is 2. The molecule has 0 bridgehead atoms. The molecule has 19 nitrogen and oxygen atoms in total. The van der Waals surface area contributed by atoms with Gasteiger partial charge in [-0.1, -0.05) is 24.3 Å². The van der Waals surface area contributed by atoms with Crippen molar-refractivity contribution in [2.45, 2.75) is 75.4 Å². The lowest BCUT2D eigenvalue weighted by molar-refractivity contribution is -0.136. The van der Waals surface area contributed by atoms with Gasteiger partial charge in [0.05, 0.1) is 57.3 Å². The lowest BCUT2D eigenvalue weighted by atomic mass is 9.99. The van der Waals surface area contributed by atoms with Crippen molar-refractivity contribution in [3.05, 3.63) is 105 Å². The number of anilines is 2. The number of imide groups is 2. The summed E-state index contributed by atoms with van der Waals surface area (Å²) in [5.74, 6) is -2.88. The van der Waals surface area contributed by atoms with Crippen LogP contribution < -0.4 is 26.4 Å². The number of benzene rings is 3. The van der Waals surface area contributed by atoms with Crippen LogP contribution in [0.1, 0.15) is 90.1 Å². The van der Waals surface area contributed by atoms with Crippen molar-refractivity contribution in [2.24, 2.45) is 5.73 Å². The lowest BCUT2D eigenvalue weighted by Crippen LogP contribution is -2.54. The molecule has 1 fully saturated rings. The number of primary amides is 1. The topological polar surface area (TPSA) is 259 Å². The number of nitrogens with zero attached hydrogens (tertiary/aromatic N) is 3. The van der Waals surface area contributed by atoms with Crippen molar-refractivity contribution in [3.63, 3.8) is 0 Å². The minimum absolute atomic E-state index is 0.0384. The van der Waals surface area contributed by atoms with E-state index in [0.29, 0.717) is 36.4 Å². The smallest absolute Gasteiger partial charge is 0.333 e. The molecule has 1 aromatic heterocycles. The Balaban J connectivity index is 0.736. The molecule has 3 heterocycles. The van der Waals surface area contributed by atoms with Crippen LogP contribution in [0.5, 0.6) is 0 Å². The number of nitrogens with one attached hydrogen (secondary N) is 4. The average Bonchev–Trinajstić information content (AvgIpc) is 4.10. The fraction of sp³-hybridized carbons (Fsp3) is 0.400. The zero-order valence-corrected chi connectivity index (χ0v) is 36.4. The molecule has 65 heavy (non-hydrogen) atoms. The van der Waals surface area contributed by atoms with Gasteiger partial charge in [0.1, 0.15) is 6.04 Å². The Kier molecular flexibility index (Phi) is 13.7. The highest BCUT2D eigenvalue weighted by atomic mass is 32.2. The molecule has 3 aromatic carbocycles. The zero-order valence-electron chi connectivity index (χ0n) is 35.6. The van der Waals surface area contributed by atoms with E-state index in [1.54, 1.807) is 30.3 Å². The van der Waals surface area contributed by atoms with E-state index in [2.05, 4.69) is 31.8 Å². The molecule has 7 amide bonds. The minimum atomic E-state index is -4.28. The Morgan fingerprint density at radius 1 is 0.831 bits per heavy atom. The van der Waals surface area contributed by atoms with E-state index < -0.39 is 51.6 Å². The highest BCUT2D eigenvalue weighted by Gasteiger charge is 2.45. The fourth-order valence-electron chi connectivity index (χ4n) is 8.88. The predicted molar refractivity (Wildman–Crippen MR) is 234 cm³/mol. The number of hydrogen-bond acceptors (Lipinski definition) is 13. The number of fused-ring (bicyclic) bond motifs is 3. The van der Waals surface area contributed by atoms with Crippen LogP contribution in [0.25, 0.3) is 0 Å². The molecular formula is C45H50N8O11S.